The van der Waals surface area contributed by atoms with E-state index in [4.69, 9.17) is 28.5 Å². The van der Waals surface area contributed by atoms with Crippen LogP contribution in [0.4, 0.5) is 15.8 Å². The van der Waals surface area contributed by atoms with E-state index in [0.717, 1.165) is 0 Å². The van der Waals surface area contributed by atoms with Crippen LogP contribution < -0.4 is 5.32 Å². The van der Waals surface area contributed by atoms with Gasteiger partial charge in [0, 0.05) is 10.0 Å². The van der Waals surface area contributed by atoms with Gasteiger partial charge in [0.15, 0.2) is 0 Å². The molecular formula is C13H7Cl2FN2. The summed E-state index contributed by atoms with van der Waals surface area (Å²) in [4.78, 5) is 0. The van der Waals surface area contributed by atoms with E-state index in [1.807, 2.05) is 6.07 Å². The third-order valence-corrected chi connectivity index (χ3v) is 2.77. The van der Waals surface area contributed by atoms with Gasteiger partial charge in [-0.15, -0.1) is 0 Å². The van der Waals surface area contributed by atoms with Crippen molar-refractivity contribution in [1.29, 1.82) is 5.26 Å². The van der Waals surface area contributed by atoms with Gasteiger partial charge in [-0.25, -0.2) is 4.39 Å². The number of hydrogen-bond acceptors (Lipinski definition) is 2. The van der Waals surface area contributed by atoms with Crippen LogP contribution in [0.5, 0.6) is 0 Å². The predicted octanol–water partition coefficient (Wildman–Crippen LogP) is 4.75. The van der Waals surface area contributed by atoms with Gasteiger partial charge in [0.05, 0.1) is 16.9 Å². The number of halogens is 3. The molecule has 0 aliphatic heterocycles. The highest BCUT2D eigenvalue weighted by molar-refractivity contribution is 6.31. The van der Waals surface area contributed by atoms with E-state index in [2.05, 4.69) is 5.32 Å². The molecule has 0 heterocycles. The van der Waals surface area contributed by atoms with Gasteiger partial charge >= 0.3 is 0 Å². The first kappa shape index (κ1) is 12.7. The normalized spacial score (nSPS) is 9.89. The van der Waals surface area contributed by atoms with Crippen molar-refractivity contribution in [2.75, 3.05) is 5.32 Å². The Morgan fingerprint density at radius 3 is 2.39 bits per heavy atom. The zero-order valence-electron chi connectivity index (χ0n) is 9.05. The molecule has 0 saturated heterocycles. The smallest absolute Gasteiger partial charge is 0.146 e. The molecular weight excluding hydrogens is 274 g/mol. The highest BCUT2D eigenvalue weighted by Gasteiger charge is 2.07. The average molecular weight is 281 g/mol. The first-order chi connectivity index (χ1) is 8.60. The number of benzene rings is 2. The summed E-state index contributed by atoms with van der Waals surface area (Å²) in [6, 6.07) is 10.9. The van der Waals surface area contributed by atoms with Crippen LogP contribution in [0.1, 0.15) is 5.56 Å². The number of rotatable bonds is 2. The summed E-state index contributed by atoms with van der Waals surface area (Å²) in [5.74, 6) is -0.446. The fourth-order valence-electron chi connectivity index (χ4n) is 1.46. The van der Waals surface area contributed by atoms with Gasteiger partial charge in [0.1, 0.15) is 11.9 Å². The second kappa shape index (κ2) is 5.26. The van der Waals surface area contributed by atoms with Gasteiger partial charge < -0.3 is 5.32 Å². The molecule has 0 amide bonds. The van der Waals surface area contributed by atoms with E-state index in [0.29, 0.717) is 21.3 Å². The Morgan fingerprint density at radius 2 is 1.67 bits per heavy atom. The molecule has 2 aromatic rings. The minimum atomic E-state index is -0.446. The molecule has 0 unspecified atom stereocenters. The molecule has 2 nitrogen and oxygen atoms in total. The molecule has 0 atom stereocenters. The van der Waals surface area contributed by atoms with Gasteiger partial charge in [0.25, 0.3) is 0 Å². The van der Waals surface area contributed by atoms with Crippen LogP contribution in [0.25, 0.3) is 0 Å². The van der Waals surface area contributed by atoms with Gasteiger partial charge in [0.2, 0.25) is 0 Å². The quantitative estimate of drug-likeness (QED) is 0.862. The van der Waals surface area contributed by atoms with Crippen LogP contribution >= 0.6 is 23.2 Å². The van der Waals surface area contributed by atoms with Crippen molar-refractivity contribution in [2.45, 2.75) is 0 Å². The summed E-state index contributed by atoms with van der Waals surface area (Å²) in [5.41, 5.74) is 1.02. The number of nitrogens with one attached hydrogen (secondary N) is 1. The largest absolute Gasteiger partial charge is 0.352 e. The minimum Gasteiger partial charge on any atom is -0.352 e. The molecule has 0 spiro atoms. The van der Waals surface area contributed by atoms with E-state index in [1.54, 1.807) is 12.1 Å². The van der Waals surface area contributed by atoms with Crippen molar-refractivity contribution in [3.8, 4) is 6.07 Å². The fraction of sp³-hybridized carbons (Fsp3) is 0. The second-order valence-corrected chi connectivity index (χ2v) is 4.42. The Balaban J connectivity index is 2.40. The Bertz CT molecular complexity index is 635. The molecule has 2 rings (SSSR count). The Labute approximate surface area is 114 Å². The van der Waals surface area contributed by atoms with E-state index in [9.17, 15) is 4.39 Å². The molecule has 0 bridgehead atoms. The summed E-state index contributed by atoms with van der Waals surface area (Å²) in [6.07, 6.45) is 0. The maximum absolute atomic E-state index is 13.5. The predicted molar refractivity (Wildman–Crippen MR) is 70.9 cm³/mol. The highest BCUT2D eigenvalue weighted by Crippen LogP contribution is 2.27. The van der Waals surface area contributed by atoms with E-state index >= 15 is 0 Å². The number of hydrogen-bond donors (Lipinski definition) is 1. The lowest BCUT2D eigenvalue weighted by molar-refractivity contribution is 0.632. The standard InChI is InChI=1S/C13H7Cl2FN2/c14-9-2-4-12(8(5-9)7-17)18-13-6-10(15)1-3-11(13)16/h1-6,18H. The molecule has 1 N–H and O–H groups in total. The van der Waals surface area contributed by atoms with Crippen molar-refractivity contribution >= 4 is 34.6 Å². The van der Waals surface area contributed by atoms with Crippen LogP contribution in [0.15, 0.2) is 36.4 Å². The molecule has 0 aliphatic rings. The maximum Gasteiger partial charge on any atom is 0.146 e. The second-order valence-electron chi connectivity index (χ2n) is 3.55. The topological polar surface area (TPSA) is 35.8 Å². The summed E-state index contributed by atoms with van der Waals surface area (Å²) >= 11 is 11.6. The Kier molecular flexibility index (Phi) is 3.71. The van der Waals surface area contributed by atoms with Crippen molar-refractivity contribution in [1.82, 2.24) is 0 Å². The van der Waals surface area contributed by atoms with Crippen LogP contribution in [0.3, 0.4) is 0 Å². The van der Waals surface area contributed by atoms with Crippen LogP contribution in [-0.2, 0) is 0 Å². The molecule has 0 radical (unpaired) electrons. The zero-order chi connectivity index (χ0) is 13.1. The summed E-state index contributed by atoms with van der Waals surface area (Å²) in [6.45, 7) is 0. The summed E-state index contributed by atoms with van der Waals surface area (Å²) in [7, 11) is 0. The molecule has 2 aromatic carbocycles. The summed E-state index contributed by atoms with van der Waals surface area (Å²) < 4.78 is 13.5. The molecule has 0 aromatic heterocycles. The highest BCUT2D eigenvalue weighted by atomic mass is 35.5. The van der Waals surface area contributed by atoms with E-state index < -0.39 is 5.82 Å². The van der Waals surface area contributed by atoms with Crippen molar-refractivity contribution < 1.29 is 4.39 Å². The van der Waals surface area contributed by atoms with Crippen molar-refractivity contribution in [2.24, 2.45) is 0 Å². The lowest BCUT2D eigenvalue weighted by Gasteiger charge is -2.09. The SMILES string of the molecule is N#Cc1cc(Cl)ccc1Nc1cc(Cl)ccc1F. The fourth-order valence-corrected chi connectivity index (χ4v) is 1.80. The maximum atomic E-state index is 13.5. The first-order valence-electron chi connectivity index (χ1n) is 5.02. The third-order valence-electron chi connectivity index (χ3n) is 2.30. The lowest BCUT2D eigenvalue weighted by atomic mass is 10.2. The molecule has 18 heavy (non-hydrogen) atoms. The first-order valence-corrected chi connectivity index (χ1v) is 5.77. The van der Waals surface area contributed by atoms with E-state index in [-0.39, 0.29) is 5.69 Å². The molecule has 0 aliphatic carbocycles. The molecule has 90 valence electrons. The monoisotopic (exact) mass is 280 g/mol. The lowest BCUT2D eigenvalue weighted by Crippen LogP contribution is -1.96. The van der Waals surface area contributed by atoms with Gasteiger partial charge in [-0.2, -0.15) is 5.26 Å². The van der Waals surface area contributed by atoms with Crippen molar-refractivity contribution in [3.05, 3.63) is 57.8 Å². The zero-order valence-corrected chi connectivity index (χ0v) is 10.6. The van der Waals surface area contributed by atoms with Gasteiger partial charge in [-0.1, -0.05) is 23.2 Å². The summed E-state index contributed by atoms with van der Waals surface area (Å²) in [5, 5.41) is 12.7. The van der Waals surface area contributed by atoms with Crippen LogP contribution in [-0.4, -0.2) is 0 Å². The number of nitriles is 1. The third kappa shape index (κ3) is 2.73. The Morgan fingerprint density at radius 1 is 1.00 bits per heavy atom. The van der Waals surface area contributed by atoms with Gasteiger partial charge in [-0.3, -0.25) is 0 Å². The average Bonchev–Trinajstić information content (AvgIpc) is 2.36. The van der Waals surface area contributed by atoms with Crippen LogP contribution in [0.2, 0.25) is 10.0 Å². The van der Waals surface area contributed by atoms with E-state index in [1.165, 1.54) is 24.3 Å². The molecule has 0 fully saturated rings. The molecule has 0 saturated carbocycles. The number of anilines is 2. The van der Waals surface area contributed by atoms with Crippen LogP contribution in [0, 0.1) is 17.1 Å². The van der Waals surface area contributed by atoms with Gasteiger partial charge in [-0.05, 0) is 36.4 Å². The Hall–Kier alpha value is -1.76. The molecule has 5 heteroatoms. The minimum absolute atomic E-state index is 0.210. The number of nitrogens with zero attached hydrogens (tertiary/aromatic N) is 1. The van der Waals surface area contributed by atoms with Crippen molar-refractivity contribution in [3.63, 3.8) is 0 Å².